The lowest BCUT2D eigenvalue weighted by Gasteiger charge is -2.48. The van der Waals surface area contributed by atoms with E-state index in [1.54, 1.807) is 21.9 Å². The molecule has 30 heavy (non-hydrogen) atoms. The molecule has 1 aromatic carbocycles. The molecule has 3 atom stereocenters. The number of carbonyl (C=O) groups excluding carboxylic acids is 3. The summed E-state index contributed by atoms with van der Waals surface area (Å²) in [6.45, 7) is 3.42. The zero-order valence-corrected chi connectivity index (χ0v) is 16.7. The van der Waals surface area contributed by atoms with Crippen LogP contribution in [0.1, 0.15) is 35.4 Å². The van der Waals surface area contributed by atoms with Crippen LogP contribution in [0, 0.1) is 5.92 Å². The van der Waals surface area contributed by atoms with Gasteiger partial charge in [0.05, 0.1) is 6.26 Å². The quantitative estimate of drug-likeness (QED) is 0.761. The molecule has 1 N–H and O–H groups in total. The van der Waals surface area contributed by atoms with Crippen molar-refractivity contribution in [2.45, 2.75) is 25.0 Å². The number of carbonyl (C=O) groups is 3. The topological polar surface area (TPSA) is 92.1 Å². The van der Waals surface area contributed by atoms with Crippen molar-refractivity contribution < 1.29 is 23.5 Å². The Morgan fingerprint density at radius 1 is 1.07 bits per heavy atom. The summed E-state index contributed by atoms with van der Waals surface area (Å²) in [4.78, 5) is 42.1. The van der Waals surface area contributed by atoms with E-state index in [2.05, 4.69) is 5.32 Å². The lowest BCUT2D eigenvalue weighted by Crippen LogP contribution is -2.64. The molecule has 5 rings (SSSR count). The molecule has 0 radical (unpaired) electrons. The number of hydrogen-bond donors (Lipinski definition) is 1. The van der Waals surface area contributed by atoms with Gasteiger partial charge in [0.1, 0.15) is 11.7 Å². The minimum Gasteiger partial charge on any atom is -0.468 e. The molecule has 4 heterocycles. The molecule has 2 aromatic rings. The first kappa shape index (κ1) is 18.7. The lowest BCUT2D eigenvalue weighted by atomic mass is 9.74. The fraction of sp³-hybridized carbons (Fsp3) is 0.409. The molecule has 2 saturated heterocycles. The molecule has 1 aromatic heterocycles. The molecular formula is C22H23N3O5. The third-order valence-electron chi connectivity index (χ3n) is 6.21. The third kappa shape index (κ3) is 3.03. The van der Waals surface area contributed by atoms with Crippen molar-refractivity contribution in [2.24, 2.45) is 5.92 Å². The second-order valence-electron chi connectivity index (χ2n) is 8.24. The fourth-order valence-electron chi connectivity index (χ4n) is 4.76. The number of piperidine rings is 1. The highest BCUT2D eigenvalue weighted by atomic mass is 16.5. The van der Waals surface area contributed by atoms with E-state index in [1.165, 1.54) is 6.26 Å². The number of fused-ring (bicyclic) bond motifs is 4. The van der Waals surface area contributed by atoms with Crippen molar-refractivity contribution in [3.8, 4) is 5.75 Å². The third-order valence-corrected chi connectivity index (χ3v) is 6.21. The predicted molar refractivity (Wildman–Crippen MR) is 106 cm³/mol. The van der Waals surface area contributed by atoms with E-state index in [4.69, 9.17) is 9.15 Å². The molecule has 156 valence electrons. The van der Waals surface area contributed by atoms with Gasteiger partial charge in [0, 0.05) is 38.5 Å². The minimum absolute atomic E-state index is 0.184. The maximum absolute atomic E-state index is 13.4. The van der Waals surface area contributed by atoms with Crippen LogP contribution in [-0.4, -0.2) is 59.4 Å². The van der Waals surface area contributed by atoms with Gasteiger partial charge < -0.3 is 24.3 Å². The highest BCUT2D eigenvalue weighted by molar-refractivity contribution is 6.02. The van der Waals surface area contributed by atoms with Crippen molar-refractivity contribution in [2.75, 3.05) is 26.2 Å². The number of benzene rings is 1. The summed E-state index contributed by atoms with van der Waals surface area (Å²) in [6.07, 6.45) is 2.01. The van der Waals surface area contributed by atoms with Gasteiger partial charge >= 0.3 is 0 Å². The fourth-order valence-corrected chi connectivity index (χ4v) is 4.76. The standard InChI is InChI=1S/C22H23N3O5/c1-22-13-15(14-5-2-3-6-16(14)30-22)18(19(26)23-22)21(28)25-10-8-24(9-11-25)20(27)17-7-4-12-29-17/h2-7,12,15,18H,8-11,13H2,1H3,(H,23,26)/t15-,18+,22-/m1/s1. The Bertz CT molecular complexity index is 996. The van der Waals surface area contributed by atoms with Crippen molar-refractivity contribution in [3.05, 3.63) is 54.0 Å². The number of piperazine rings is 1. The monoisotopic (exact) mass is 409 g/mol. The van der Waals surface area contributed by atoms with Crippen LogP contribution in [0.15, 0.2) is 47.1 Å². The molecule has 8 nitrogen and oxygen atoms in total. The van der Waals surface area contributed by atoms with Gasteiger partial charge in [-0.3, -0.25) is 14.4 Å². The van der Waals surface area contributed by atoms with Crippen molar-refractivity contribution >= 4 is 17.7 Å². The van der Waals surface area contributed by atoms with Crippen LogP contribution in [0.5, 0.6) is 5.75 Å². The van der Waals surface area contributed by atoms with E-state index in [-0.39, 0.29) is 23.6 Å². The van der Waals surface area contributed by atoms with Crippen LogP contribution in [0.4, 0.5) is 0 Å². The highest BCUT2D eigenvalue weighted by Gasteiger charge is 2.52. The van der Waals surface area contributed by atoms with E-state index in [1.807, 2.05) is 31.2 Å². The number of hydrogen-bond acceptors (Lipinski definition) is 5. The summed E-state index contributed by atoms with van der Waals surface area (Å²) >= 11 is 0. The Balaban J connectivity index is 1.33. The molecule has 2 fully saturated rings. The number of furan rings is 1. The number of ether oxygens (including phenoxy) is 1. The van der Waals surface area contributed by atoms with Crippen LogP contribution < -0.4 is 10.1 Å². The maximum Gasteiger partial charge on any atom is 0.289 e. The first-order valence-electron chi connectivity index (χ1n) is 10.2. The van der Waals surface area contributed by atoms with E-state index in [0.717, 1.165) is 5.56 Å². The van der Waals surface area contributed by atoms with E-state index < -0.39 is 11.6 Å². The van der Waals surface area contributed by atoms with Crippen LogP contribution in [-0.2, 0) is 9.59 Å². The number of nitrogens with zero attached hydrogens (tertiary/aromatic N) is 2. The Morgan fingerprint density at radius 3 is 2.53 bits per heavy atom. The Kier molecular flexibility index (Phi) is 4.30. The normalized spacial score (nSPS) is 27.7. The number of rotatable bonds is 2. The second-order valence-corrected chi connectivity index (χ2v) is 8.24. The molecule has 0 spiro atoms. The Labute approximate surface area is 173 Å². The number of para-hydroxylation sites is 1. The molecule has 3 aliphatic heterocycles. The summed E-state index contributed by atoms with van der Waals surface area (Å²) < 4.78 is 11.2. The van der Waals surface area contributed by atoms with Crippen LogP contribution in [0.25, 0.3) is 0 Å². The van der Waals surface area contributed by atoms with E-state index in [9.17, 15) is 14.4 Å². The minimum atomic E-state index is -0.805. The molecule has 2 bridgehead atoms. The Morgan fingerprint density at radius 2 is 1.80 bits per heavy atom. The van der Waals surface area contributed by atoms with Gasteiger partial charge in [-0.25, -0.2) is 0 Å². The first-order chi connectivity index (χ1) is 14.5. The van der Waals surface area contributed by atoms with Crippen LogP contribution >= 0.6 is 0 Å². The molecule has 8 heteroatoms. The van der Waals surface area contributed by atoms with E-state index in [0.29, 0.717) is 44.1 Å². The van der Waals surface area contributed by atoms with Gasteiger partial charge in [0.25, 0.3) is 5.91 Å². The maximum atomic E-state index is 13.4. The molecule has 3 aliphatic rings. The second kappa shape index (κ2) is 6.90. The van der Waals surface area contributed by atoms with Gasteiger partial charge in [0.2, 0.25) is 11.8 Å². The number of amides is 3. The van der Waals surface area contributed by atoms with Gasteiger partial charge in [-0.05, 0) is 30.7 Å². The molecule has 3 amide bonds. The Hall–Kier alpha value is -3.29. The zero-order valence-electron chi connectivity index (χ0n) is 16.7. The summed E-state index contributed by atoms with van der Waals surface area (Å²) in [7, 11) is 0. The van der Waals surface area contributed by atoms with Crippen LogP contribution in [0.2, 0.25) is 0 Å². The highest BCUT2D eigenvalue weighted by Crippen LogP contribution is 2.47. The SMILES string of the molecule is C[C@]12C[C@H](c3ccccc3O1)[C@H](C(=O)N1CCN(C(=O)c3ccco3)CC1)C(=O)N2. The molecule has 0 aliphatic carbocycles. The largest absolute Gasteiger partial charge is 0.468 e. The zero-order chi connectivity index (χ0) is 20.9. The predicted octanol–water partition coefficient (Wildman–Crippen LogP) is 1.59. The summed E-state index contributed by atoms with van der Waals surface area (Å²) in [5.74, 6) is -0.706. The van der Waals surface area contributed by atoms with Gasteiger partial charge in [0.15, 0.2) is 11.5 Å². The molecule has 0 saturated carbocycles. The first-order valence-corrected chi connectivity index (χ1v) is 10.2. The average Bonchev–Trinajstić information content (AvgIpc) is 3.27. The summed E-state index contributed by atoms with van der Waals surface area (Å²) in [5, 5.41) is 2.90. The van der Waals surface area contributed by atoms with Gasteiger partial charge in [-0.15, -0.1) is 0 Å². The van der Waals surface area contributed by atoms with Crippen molar-refractivity contribution in [3.63, 3.8) is 0 Å². The molecular weight excluding hydrogens is 386 g/mol. The van der Waals surface area contributed by atoms with Crippen molar-refractivity contribution in [1.82, 2.24) is 15.1 Å². The average molecular weight is 409 g/mol. The molecule has 0 unspecified atom stereocenters. The summed E-state index contributed by atoms with van der Waals surface area (Å²) in [5.41, 5.74) is 0.0934. The lowest BCUT2D eigenvalue weighted by molar-refractivity contribution is -0.153. The van der Waals surface area contributed by atoms with Crippen molar-refractivity contribution in [1.29, 1.82) is 0 Å². The van der Waals surface area contributed by atoms with Gasteiger partial charge in [-0.1, -0.05) is 18.2 Å². The van der Waals surface area contributed by atoms with E-state index >= 15 is 0 Å². The smallest absolute Gasteiger partial charge is 0.289 e. The van der Waals surface area contributed by atoms with Gasteiger partial charge in [-0.2, -0.15) is 0 Å². The summed E-state index contributed by atoms with van der Waals surface area (Å²) in [6, 6.07) is 10.9. The van der Waals surface area contributed by atoms with Crippen LogP contribution in [0.3, 0.4) is 0 Å². The number of nitrogens with one attached hydrogen (secondary N) is 1.